The van der Waals surface area contributed by atoms with Crippen LogP contribution in [0.3, 0.4) is 0 Å². The molecule has 1 aliphatic heterocycles. The van der Waals surface area contributed by atoms with E-state index in [0.29, 0.717) is 0 Å². The lowest BCUT2D eigenvalue weighted by Gasteiger charge is -2.23. The molecule has 11 heavy (non-hydrogen) atoms. The molecule has 0 aromatic heterocycles. The third-order valence-electron chi connectivity index (χ3n) is 1.46. The second-order valence-corrected chi connectivity index (χ2v) is 2.17. The molecule has 0 aliphatic carbocycles. The number of carbonyl (C=O) groups is 1. The minimum atomic E-state index is -1.05. The van der Waals surface area contributed by atoms with E-state index in [1.54, 1.807) is 18.2 Å². The molecule has 0 aromatic rings. The van der Waals surface area contributed by atoms with Crippen LogP contribution in [0, 0.1) is 0 Å². The zero-order chi connectivity index (χ0) is 8.27. The van der Waals surface area contributed by atoms with Crippen molar-refractivity contribution in [3.8, 4) is 0 Å². The first kappa shape index (κ1) is 7.81. The summed E-state index contributed by atoms with van der Waals surface area (Å²) in [5.74, 6) is 0. The summed E-state index contributed by atoms with van der Waals surface area (Å²) in [4.78, 5) is 11.5. The van der Waals surface area contributed by atoms with Crippen molar-refractivity contribution in [2.45, 2.75) is 6.04 Å². The van der Waals surface area contributed by atoms with Crippen LogP contribution in [0.4, 0.5) is 4.79 Å². The highest BCUT2D eigenvalue weighted by molar-refractivity contribution is 5.67. The first-order chi connectivity index (χ1) is 5.25. The van der Waals surface area contributed by atoms with E-state index in [1.165, 1.54) is 6.20 Å². The molecule has 4 nitrogen and oxygen atoms in total. The Morgan fingerprint density at radius 3 is 2.73 bits per heavy atom. The van der Waals surface area contributed by atoms with E-state index in [1.807, 2.05) is 0 Å². The predicted molar refractivity (Wildman–Crippen MR) is 39.0 cm³/mol. The van der Waals surface area contributed by atoms with Crippen LogP contribution >= 0.6 is 0 Å². The average Bonchev–Trinajstić information content (AvgIpc) is 2.04. The number of aliphatic hydroxyl groups is 1. The topological polar surface area (TPSA) is 60.8 Å². The Morgan fingerprint density at radius 1 is 1.55 bits per heavy atom. The summed E-state index contributed by atoms with van der Waals surface area (Å²) >= 11 is 0. The molecule has 0 saturated carbocycles. The molecular weight excluding hydrogens is 146 g/mol. The van der Waals surface area contributed by atoms with Gasteiger partial charge in [0.15, 0.2) is 0 Å². The van der Waals surface area contributed by atoms with E-state index >= 15 is 0 Å². The summed E-state index contributed by atoms with van der Waals surface area (Å²) in [6, 6.07) is -0.433. The minimum Gasteiger partial charge on any atom is -0.465 e. The molecule has 0 fully saturated rings. The number of rotatable bonds is 1. The smallest absolute Gasteiger partial charge is 0.411 e. The van der Waals surface area contributed by atoms with Gasteiger partial charge in [-0.2, -0.15) is 0 Å². The lowest BCUT2D eigenvalue weighted by atomic mass is 10.2. The fourth-order valence-electron chi connectivity index (χ4n) is 0.893. The van der Waals surface area contributed by atoms with E-state index in [2.05, 4.69) is 0 Å². The lowest BCUT2D eigenvalue weighted by Crippen LogP contribution is -2.37. The highest BCUT2D eigenvalue weighted by Gasteiger charge is 2.18. The van der Waals surface area contributed by atoms with Crippen molar-refractivity contribution in [1.29, 1.82) is 0 Å². The Balaban J connectivity index is 2.70. The van der Waals surface area contributed by atoms with Crippen LogP contribution < -0.4 is 0 Å². The van der Waals surface area contributed by atoms with Gasteiger partial charge in [0.25, 0.3) is 0 Å². The monoisotopic (exact) mass is 155 g/mol. The maximum Gasteiger partial charge on any atom is 0.411 e. The predicted octanol–water partition coefficient (Wildman–Crippen LogP) is 0.411. The van der Waals surface area contributed by atoms with Gasteiger partial charge in [-0.3, -0.25) is 4.90 Å². The van der Waals surface area contributed by atoms with Crippen LogP contribution in [0.5, 0.6) is 0 Å². The fraction of sp³-hybridized carbons (Fsp3) is 0.286. The van der Waals surface area contributed by atoms with Crippen molar-refractivity contribution in [3.63, 3.8) is 0 Å². The summed E-state index contributed by atoms with van der Waals surface area (Å²) < 4.78 is 0. The van der Waals surface area contributed by atoms with Crippen LogP contribution in [0.15, 0.2) is 24.4 Å². The zero-order valence-electron chi connectivity index (χ0n) is 5.84. The van der Waals surface area contributed by atoms with Gasteiger partial charge in [-0.05, 0) is 6.08 Å². The van der Waals surface area contributed by atoms with Crippen molar-refractivity contribution in [1.82, 2.24) is 4.90 Å². The first-order valence-electron chi connectivity index (χ1n) is 3.23. The van der Waals surface area contributed by atoms with Crippen molar-refractivity contribution in [2.75, 3.05) is 6.61 Å². The third-order valence-corrected chi connectivity index (χ3v) is 1.46. The van der Waals surface area contributed by atoms with Gasteiger partial charge >= 0.3 is 6.09 Å². The standard InChI is InChI=1S/C7H9NO3/c9-5-6-3-1-2-4-8(6)7(10)11/h1-4,6,9H,5H2,(H,10,11)/t6-/m0/s1. The van der Waals surface area contributed by atoms with E-state index in [4.69, 9.17) is 10.2 Å². The van der Waals surface area contributed by atoms with E-state index in [0.717, 1.165) is 4.90 Å². The summed E-state index contributed by atoms with van der Waals surface area (Å²) in [7, 11) is 0. The largest absolute Gasteiger partial charge is 0.465 e. The van der Waals surface area contributed by atoms with Gasteiger partial charge in [0, 0.05) is 6.20 Å². The summed E-state index contributed by atoms with van der Waals surface area (Å²) in [6.45, 7) is -0.187. The van der Waals surface area contributed by atoms with Crippen LogP contribution in [-0.4, -0.2) is 33.9 Å². The molecule has 60 valence electrons. The van der Waals surface area contributed by atoms with Crippen molar-refractivity contribution < 1.29 is 15.0 Å². The van der Waals surface area contributed by atoms with Crippen molar-refractivity contribution >= 4 is 6.09 Å². The maximum atomic E-state index is 10.5. The molecule has 1 rings (SSSR count). The molecule has 2 N–H and O–H groups in total. The Labute approximate surface area is 64.1 Å². The SMILES string of the molecule is O=C(O)N1C=CC=C[C@H]1CO. The highest BCUT2D eigenvalue weighted by Crippen LogP contribution is 2.07. The molecule has 0 radical (unpaired) electrons. The Hall–Kier alpha value is -1.29. The second kappa shape index (κ2) is 3.21. The summed E-state index contributed by atoms with van der Waals surface area (Å²) in [6.07, 6.45) is 5.32. The van der Waals surface area contributed by atoms with Gasteiger partial charge in [0.2, 0.25) is 0 Å². The molecule has 0 unspecified atom stereocenters. The summed E-state index contributed by atoms with van der Waals surface area (Å²) in [5.41, 5.74) is 0. The zero-order valence-corrected chi connectivity index (χ0v) is 5.84. The number of hydrogen-bond acceptors (Lipinski definition) is 2. The Bertz CT molecular complexity index is 210. The minimum absolute atomic E-state index is 0.187. The van der Waals surface area contributed by atoms with Crippen LogP contribution in [-0.2, 0) is 0 Å². The van der Waals surface area contributed by atoms with Gasteiger partial charge in [-0.15, -0.1) is 0 Å². The lowest BCUT2D eigenvalue weighted by molar-refractivity contribution is 0.135. The van der Waals surface area contributed by atoms with Gasteiger partial charge in [0.1, 0.15) is 0 Å². The van der Waals surface area contributed by atoms with Crippen molar-refractivity contribution in [2.24, 2.45) is 0 Å². The summed E-state index contributed by atoms with van der Waals surface area (Å²) in [5, 5.41) is 17.3. The molecule has 0 saturated heterocycles. The molecule has 1 aliphatic rings. The maximum absolute atomic E-state index is 10.5. The fourth-order valence-corrected chi connectivity index (χ4v) is 0.893. The van der Waals surface area contributed by atoms with E-state index in [-0.39, 0.29) is 6.61 Å². The second-order valence-electron chi connectivity index (χ2n) is 2.17. The number of amides is 1. The molecule has 1 heterocycles. The van der Waals surface area contributed by atoms with Crippen LogP contribution in [0.1, 0.15) is 0 Å². The molecule has 1 amide bonds. The Morgan fingerprint density at radius 2 is 2.27 bits per heavy atom. The first-order valence-corrected chi connectivity index (χ1v) is 3.23. The highest BCUT2D eigenvalue weighted by atomic mass is 16.4. The van der Waals surface area contributed by atoms with Crippen LogP contribution in [0.25, 0.3) is 0 Å². The molecule has 0 bridgehead atoms. The number of hydrogen-bond donors (Lipinski definition) is 2. The normalized spacial score (nSPS) is 22.3. The number of allylic oxidation sites excluding steroid dienone is 2. The van der Waals surface area contributed by atoms with Crippen molar-refractivity contribution in [3.05, 3.63) is 24.4 Å². The molecule has 0 spiro atoms. The van der Waals surface area contributed by atoms with Gasteiger partial charge in [-0.25, -0.2) is 4.79 Å². The molecule has 4 heteroatoms. The average molecular weight is 155 g/mol. The van der Waals surface area contributed by atoms with E-state index in [9.17, 15) is 4.79 Å². The number of aliphatic hydroxyl groups excluding tert-OH is 1. The van der Waals surface area contributed by atoms with Gasteiger partial charge in [-0.1, -0.05) is 12.2 Å². The quantitative estimate of drug-likeness (QED) is 0.576. The Kier molecular flexibility index (Phi) is 2.28. The third kappa shape index (κ3) is 1.59. The molecule has 1 atom stereocenters. The number of nitrogens with zero attached hydrogens (tertiary/aromatic N) is 1. The van der Waals surface area contributed by atoms with E-state index < -0.39 is 12.1 Å². The van der Waals surface area contributed by atoms with Gasteiger partial charge in [0.05, 0.1) is 12.6 Å². The van der Waals surface area contributed by atoms with Gasteiger partial charge < -0.3 is 10.2 Å². The molecule has 0 aromatic carbocycles. The number of carboxylic acid groups (broad SMARTS) is 1. The molecular formula is C7H9NO3. The van der Waals surface area contributed by atoms with Crippen LogP contribution in [0.2, 0.25) is 0 Å².